The molecule has 9 heteroatoms. The third-order valence-corrected chi connectivity index (χ3v) is 4.62. The Bertz CT molecular complexity index is 1150. The molecule has 0 aliphatic heterocycles. The second-order valence-electron chi connectivity index (χ2n) is 6.26. The average molecular weight is 414 g/mol. The summed E-state index contributed by atoms with van der Waals surface area (Å²) in [5.74, 6) is -1.31. The summed E-state index contributed by atoms with van der Waals surface area (Å²) in [6.07, 6.45) is 0. The lowest BCUT2D eigenvalue weighted by molar-refractivity contribution is -0.384. The first kappa shape index (κ1) is 20.2. The maximum absolute atomic E-state index is 12.5. The van der Waals surface area contributed by atoms with Gasteiger partial charge in [-0.05, 0) is 37.6 Å². The van der Waals surface area contributed by atoms with E-state index in [0.717, 1.165) is 17.0 Å². The van der Waals surface area contributed by atoms with E-state index in [1.807, 2.05) is 24.3 Å². The van der Waals surface area contributed by atoms with Crippen LogP contribution >= 0.6 is 11.6 Å². The third kappa shape index (κ3) is 4.33. The van der Waals surface area contributed by atoms with Crippen LogP contribution in [0.1, 0.15) is 21.6 Å². The van der Waals surface area contributed by atoms with Crippen molar-refractivity contribution >= 4 is 45.8 Å². The predicted molar refractivity (Wildman–Crippen MR) is 108 cm³/mol. The number of esters is 1. The second-order valence-corrected chi connectivity index (χ2v) is 6.67. The number of halogens is 1. The van der Waals surface area contributed by atoms with E-state index >= 15 is 0 Å². The molecule has 29 heavy (non-hydrogen) atoms. The van der Waals surface area contributed by atoms with E-state index in [1.54, 1.807) is 13.8 Å². The van der Waals surface area contributed by atoms with Crippen LogP contribution < -0.4 is 5.32 Å². The first-order chi connectivity index (χ1) is 13.8. The summed E-state index contributed by atoms with van der Waals surface area (Å²) in [5, 5.41) is 14.1. The second kappa shape index (κ2) is 8.24. The van der Waals surface area contributed by atoms with Crippen LogP contribution in [0.5, 0.6) is 0 Å². The Kier molecular flexibility index (Phi) is 5.74. The van der Waals surface area contributed by atoms with Crippen molar-refractivity contribution in [1.29, 1.82) is 0 Å². The van der Waals surface area contributed by atoms with Gasteiger partial charge < -0.3 is 10.1 Å². The van der Waals surface area contributed by atoms with Crippen molar-refractivity contribution in [3.63, 3.8) is 0 Å². The normalized spacial score (nSPS) is 10.6. The maximum atomic E-state index is 12.5. The highest BCUT2D eigenvalue weighted by atomic mass is 35.5. The highest BCUT2D eigenvalue weighted by Gasteiger charge is 2.19. The average Bonchev–Trinajstić information content (AvgIpc) is 2.67. The van der Waals surface area contributed by atoms with Crippen LogP contribution in [0.3, 0.4) is 0 Å². The minimum absolute atomic E-state index is 0.0471. The number of hydrogen-bond acceptors (Lipinski definition) is 6. The molecule has 3 aromatic rings. The number of carbonyl (C=O) groups is 2. The quantitative estimate of drug-likeness (QED) is 0.381. The minimum Gasteiger partial charge on any atom is -0.452 e. The summed E-state index contributed by atoms with van der Waals surface area (Å²) >= 11 is 5.74. The number of nitro benzene ring substituents is 1. The van der Waals surface area contributed by atoms with E-state index in [1.165, 1.54) is 12.1 Å². The van der Waals surface area contributed by atoms with Crippen molar-refractivity contribution in [1.82, 2.24) is 4.98 Å². The SMILES string of the molecule is Cc1nc2ccccc2c(C)c1C(=O)OCC(=O)Nc1ccc(Cl)c([N+](=O)[O-])c1. The number of ether oxygens (including phenoxy) is 1. The van der Waals surface area contributed by atoms with Gasteiger partial charge in [0.2, 0.25) is 0 Å². The molecule has 148 valence electrons. The van der Waals surface area contributed by atoms with Crippen LogP contribution in [0.15, 0.2) is 42.5 Å². The number of nitrogens with zero attached hydrogens (tertiary/aromatic N) is 2. The number of amides is 1. The smallest absolute Gasteiger partial charge is 0.340 e. The molecule has 1 aromatic heterocycles. The van der Waals surface area contributed by atoms with Gasteiger partial charge in [0, 0.05) is 17.1 Å². The van der Waals surface area contributed by atoms with Gasteiger partial charge in [0.25, 0.3) is 11.6 Å². The van der Waals surface area contributed by atoms with Gasteiger partial charge in [-0.15, -0.1) is 0 Å². The summed E-state index contributed by atoms with van der Waals surface area (Å²) in [6, 6.07) is 11.3. The number of rotatable bonds is 5. The zero-order chi connectivity index (χ0) is 21.1. The van der Waals surface area contributed by atoms with Gasteiger partial charge in [-0.25, -0.2) is 4.79 Å². The number of nitrogens with one attached hydrogen (secondary N) is 1. The molecule has 0 bridgehead atoms. The molecule has 2 aromatic carbocycles. The molecule has 0 saturated heterocycles. The summed E-state index contributed by atoms with van der Waals surface area (Å²) in [5.41, 5.74) is 2.11. The lowest BCUT2D eigenvalue weighted by Crippen LogP contribution is -2.22. The van der Waals surface area contributed by atoms with Crippen LogP contribution in [-0.4, -0.2) is 28.4 Å². The number of nitro groups is 1. The van der Waals surface area contributed by atoms with Gasteiger partial charge in [-0.1, -0.05) is 29.8 Å². The molecule has 0 saturated carbocycles. The Morgan fingerprint density at radius 1 is 1.21 bits per heavy atom. The molecule has 0 aliphatic rings. The molecule has 0 radical (unpaired) electrons. The Morgan fingerprint density at radius 2 is 1.93 bits per heavy atom. The summed E-state index contributed by atoms with van der Waals surface area (Å²) < 4.78 is 5.12. The predicted octanol–water partition coefficient (Wildman–Crippen LogP) is 4.21. The van der Waals surface area contributed by atoms with E-state index in [0.29, 0.717) is 16.8 Å². The molecule has 0 aliphatic carbocycles. The number of para-hydroxylation sites is 1. The third-order valence-electron chi connectivity index (χ3n) is 4.30. The fourth-order valence-corrected chi connectivity index (χ4v) is 3.15. The summed E-state index contributed by atoms with van der Waals surface area (Å²) in [7, 11) is 0. The van der Waals surface area contributed by atoms with E-state index in [-0.39, 0.29) is 16.4 Å². The molecule has 0 spiro atoms. The van der Waals surface area contributed by atoms with Gasteiger partial charge >= 0.3 is 5.97 Å². The zero-order valence-electron chi connectivity index (χ0n) is 15.6. The van der Waals surface area contributed by atoms with Gasteiger partial charge in [0.1, 0.15) is 5.02 Å². The number of pyridine rings is 1. The van der Waals surface area contributed by atoms with Crippen LogP contribution in [0.25, 0.3) is 10.9 Å². The number of carbonyl (C=O) groups excluding carboxylic acids is 2. The monoisotopic (exact) mass is 413 g/mol. The summed E-state index contributed by atoms with van der Waals surface area (Å²) in [4.78, 5) is 39.3. The molecule has 1 heterocycles. The van der Waals surface area contributed by atoms with Crippen molar-refractivity contribution in [3.05, 3.63) is 74.4 Å². The number of benzene rings is 2. The van der Waals surface area contributed by atoms with E-state index in [9.17, 15) is 19.7 Å². The molecular weight excluding hydrogens is 398 g/mol. The Morgan fingerprint density at radius 3 is 2.66 bits per heavy atom. The van der Waals surface area contributed by atoms with Crippen LogP contribution in [0.2, 0.25) is 5.02 Å². The van der Waals surface area contributed by atoms with E-state index in [2.05, 4.69) is 10.3 Å². The van der Waals surface area contributed by atoms with Crippen molar-refractivity contribution < 1.29 is 19.2 Å². The molecule has 8 nitrogen and oxygen atoms in total. The number of anilines is 1. The topological polar surface area (TPSA) is 111 Å². The first-order valence-corrected chi connectivity index (χ1v) is 8.92. The highest BCUT2D eigenvalue weighted by Crippen LogP contribution is 2.27. The van der Waals surface area contributed by atoms with Gasteiger partial charge in [0.15, 0.2) is 6.61 Å². The van der Waals surface area contributed by atoms with Crippen LogP contribution in [-0.2, 0) is 9.53 Å². The first-order valence-electron chi connectivity index (χ1n) is 8.54. The molecule has 1 amide bonds. The molecule has 1 N–H and O–H groups in total. The van der Waals surface area contributed by atoms with E-state index < -0.39 is 23.4 Å². The van der Waals surface area contributed by atoms with Crippen molar-refractivity contribution in [2.24, 2.45) is 0 Å². The highest BCUT2D eigenvalue weighted by molar-refractivity contribution is 6.32. The van der Waals surface area contributed by atoms with Crippen molar-refractivity contribution in [3.8, 4) is 0 Å². The Hall–Kier alpha value is -3.52. The molecule has 0 unspecified atom stereocenters. The largest absolute Gasteiger partial charge is 0.452 e. The fourth-order valence-electron chi connectivity index (χ4n) is 2.96. The number of fused-ring (bicyclic) bond motifs is 1. The van der Waals surface area contributed by atoms with Crippen molar-refractivity contribution in [2.45, 2.75) is 13.8 Å². The van der Waals surface area contributed by atoms with Gasteiger partial charge in [-0.3, -0.25) is 19.9 Å². The number of aryl methyl sites for hydroxylation is 2. The standard InChI is InChI=1S/C20H16ClN3O5/c1-11-14-5-3-4-6-16(14)22-12(2)19(11)20(26)29-10-18(25)23-13-7-8-15(21)17(9-13)24(27)28/h3-9H,10H2,1-2H3,(H,23,25). The Labute approximate surface area is 170 Å². The van der Waals surface area contributed by atoms with Crippen molar-refractivity contribution in [2.75, 3.05) is 11.9 Å². The molecular formula is C20H16ClN3O5. The molecule has 0 fully saturated rings. The van der Waals surface area contributed by atoms with Gasteiger partial charge in [-0.2, -0.15) is 0 Å². The molecule has 0 atom stereocenters. The van der Waals surface area contributed by atoms with Crippen LogP contribution in [0.4, 0.5) is 11.4 Å². The number of hydrogen-bond donors (Lipinski definition) is 1. The Balaban J connectivity index is 1.71. The molecule has 3 rings (SSSR count). The van der Waals surface area contributed by atoms with Gasteiger partial charge in [0.05, 0.1) is 21.7 Å². The maximum Gasteiger partial charge on any atom is 0.340 e. The lowest BCUT2D eigenvalue weighted by atomic mass is 10.0. The van der Waals surface area contributed by atoms with E-state index in [4.69, 9.17) is 16.3 Å². The number of aromatic nitrogens is 1. The lowest BCUT2D eigenvalue weighted by Gasteiger charge is -2.12. The van der Waals surface area contributed by atoms with Crippen LogP contribution in [0, 0.1) is 24.0 Å². The fraction of sp³-hybridized carbons (Fsp3) is 0.150. The summed E-state index contributed by atoms with van der Waals surface area (Å²) in [6.45, 7) is 2.93. The minimum atomic E-state index is -0.671. The zero-order valence-corrected chi connectivity index (χ0v) is 16.3.